The van der Waals surface area contributed by atoms with E-state index in [0.717, 1.165) is 24.3 Å². The molecule has 2 unspecified atom stereocenters. The van der Waals surface area contributed by atoms with Gasteiger partial charge in [0.05, 0.1) is 12.1 Å². The van der Waals surface area contributed by atoms with Crippen molar-refractivity contribution in [3.63, 3.8) is 0 Å². The minimum atomic E-state index is -0.672. The van der Waals surface area contributed by atoms with E-state index in [1.54, 1.807) is 6.20 Å². The first-order valence-electron chi connectivity index (χ1n) is 5.71. The van der Waals surface area contributed by atoms with Crippen molar-refractivity contribution in [3.8, 4) is 0 Å². The van der Waals surface area contributed by atoms with Gasteiger partial charge in [0.1, 0.15) is 9.34 Å². The van der Waals surface area contributed by atoms with Crippen LogP contribution < -0.4 is 5.32 Å². The lowest BCUT2D eigenvalue weighted by atomic mass is 9.86. The van der Waals surface area contributed by atoms with E-state index in [1.165, 1.54) is 11.3 Å². The molecule has 0 saturated heterocycles. The molecule has 0 aromatic carbocycles. The van der Waals surface area contributed by atoms with Crippen molar-refractivity contribution >= 4 is 28.9 Å². The fourth-order valence-electron chi connectivity index (χ4n) is 2.20. The van der Waals surface area contributed by atoms with Crippen molar-refractivity contribution in [1.82, 2.24) is 10.3 Å². The number of aliphatic carboxylic acids is 1. The molecule has 1 aliphatic rings. The van der Waals surface area contributed by atoms with E-state index >= 15 is 0 Å². The Hall–Kier alpha value is -0.650. The quantitative estimate of drug-likeness (QED) is 0.886. The second-order valence-corrected chi connectivity index (χ2v) is 6.08. The number of halogens is 1. The Kier molecular flexibility index (Phi) is 4.36. The van der Waals surface area contributed by atoms with E-state index in [-0.39, 0.29) is 12.0 Å². The molecule has 1 aromatic rings. The van der Waals surface area contributed by atoms with Crippen LogP contribution in [0.2, 0.25) is 4.34 Å². The van der Waals surface area contributed by atoms with Crippen LogP contribution in [0.1, 0.15) is 30.7 Å². The molecule has 1 saturated carbocycles. The van der Waals surface area contributed by atoms with Crippen molar-refractivity contribution in [2.75, 3.05) is 0 Å². The van der Waals surface area contributed by atoms with Crippen LogP contribution >= 0.6 is 22.9 Å². The second-order valence-electron chi connectivity index (χ2n) is 4.34. The number of aromatic nitrogens is 1. The number of hydrogen-bond acceptors (Lipinski definition) is 4. The van der Waals surface area contributed by atoms with E-state index < -0.39 is 5.97 Å². The van der Waals surface area contributed by atoms with Crippen LogP contribution in [0.25, 0.3) is 0 Å². The normalized spacial score (nSPS) is 24.8. The van der Waals surface area contributed by atoms with Gasteiger partial charge >= 0.3 is 5.97 Å². The molecular formula is C11H15ClN2O2S. The molecule has 0 bridgehead atoms. The summed E-state index contributed by atoms with van der Waals surface area (Å²) in [5.74, 6) is -0.866. The fraction of sp³-hybridized carbons (Fsp3) is 0.636. The van der Waals surface area contributed by atoms with Crippen molar-refractivity contribution < 1.29 is 9.90 Å². The molecule has 1 aliphatic carbocycles. The third-order valence-corrected chi connectivity index (χ3v) is 4.21. The minimum Gasteiger partial charge on any atom is -0.481 e. The van der Waals surface area contributed by atoms with E-state index in [9.17, 15) is 4.79 Å². The molecule has 2 N–H and O–H groups in total. The Morgan fingerprint density at radius 1 is 1.65 bits per heavy atom. The van der Waals surface area contributed by atoms with Crippen molar-refractivity contribution in [2.45, 2.75) is 38.3 Å². The summed E-state index contributed by atoms with van der Waals surface area (Å²) in [6, 6.07) is 0.285. The molecule has 2 rings (SSSR count). The van der Waals surface area contributed by atoms with Gasteiger partial charge in [-0.1, -0.05) is 18.0 Å². The summed E-state index contributed by atoms with van der Waals surface area (Å²) in [7, 11) is 0. The summed E-state index contributed by atoms with van der Waals surface area (Å²) in [6.45, 7) is 0.675. The number of carboxylic acids is 1. The minimum absolute atomic E-state index is 0.193. The largest absolute Gasteiger partial charge is 0.481 e. The van der Waals surface area contributed by atoms with Gasteiger partial charge in [0.25, 0.3) is 0 Å². The summed E-state index contributed by atoms with van der Waals surface area (Å²) in [5, 5.41) is 13.3. The molecule has 4 nitrogen and oxygen atoms in total. The van der Waals surface area contributed by atoms with Crippen molar-refractivity contribution in [3.05, 3.63) is 15.5 Å². The lowest BCUT2D eigenvalue weighted by Gasteiger charge is -2.27. The van der Waals surface area contributed by atoms with E-state index in [0.29, 0.717) is 17.3 Å². The summed E-state index contributed by atoms with van der Waals surface area (Å²) in [4.78, 5) is 15.1. The SMILES string of the molecule is O=C(O)C1CCCC(NCc2ncc(Cl)s2)C1. The van der Waals surface area contributed by atoms with Gasteiger partial charge in [-0.15, -0.1) is 11.3 Å². The second kappa shape index (κ2) is 5.80. The van der Waals surface area contributed by atoms with Crippen LogP contribution in [0.3, 0.4) is 0 Å². The molecule has 1 fully saturated rings. The topological polar surface area (TPSA) is 62.2 Å². The van der Waals surface area contributed by atoms with Gasteiger partial charge in [0.15, 0.2) is 0 Å². The average Bonchev–Trinajstić information content (AvgIpc) is 2.73. The first kappa shape index (κ1) is 12.8. The maximum absolute atomic E-state index is 10.9. The Labute approximate surface area is 109 Å². The lowest BCUT2D eigenvalue weighted by Crippen LogP contribution is -2.36. The Bertz CT molecular complexity index is 397. The average molecular weight is 275 g/mol. The van der Waals surface area contributed by atoms with Crippen LogP contribution in [-0.4, -0.2) is 22.1 Å². The molecule has 0 spiro atoms. The van der Waals surface area contributed by atoms with Crippen LogP contribution in [0.15, 0.2) is 6.20 Å². The molecule has 6 heteroatoms. The Morgan fingerprint density at radius 2 is 2.47 bits per heavy atom. The molecule has 0 amide bonds. The zero-order chi connectivity index (χ0) is 12.3. The Balaban J connectivity index is 1.81. The van der Waals surface area contributed by atoms with Gasteiger partial charge in [0.2, 0.25) is 0 Å². The third-order valence-electron chi connectivity index (χ3n) is 3.09. The fourth-order valence-corrected chi connectivity index (χ4v) is 3.11. The van der Waals surface area contributed by atoms with Crippen LogP contribution in [0.5, 0.6) is 0 Å². The Morgan fingerprint density at radius 3 is 3.12 bits per heavy atom. The summed E-state index contributed by atoms with van der Waals surface area (Å²) in [6.07, 6.45) is 5.19. The number of nitrogens with one attached hydrogen (secondary N) is 1. The zero-order valence-corrected chi connectivity index (χ0v) is 10.9. The molecule has 94 valence electrons. The van der Waals surface area contributed by atoms with E-state index in [4.69, 9.17) is 16.7 Å². The standard InChI is InChI=1S/C11H15ClN2O2S/c12-9-5-14-10(17-9)6-13-8-3-1-2-7(4-8)11(15)16/h5,7-8,13H,1-4,6H2,(H,15,16). The van der Waals surface area contributed by atoms with Gasteiger partial charge in [-0.05, 0) is 19.3 Å². The monoisotopic (exact) mass is 274 g/mol. The summed E-state index contributed by atoms with van der Waals surface area (Å²) in [5.41, 5.74) is 0. The van der Waals surface area contributed by atoms with Gasteiger partial charge < -0.3 is 10.4 Å². The number of carbonyl (C=O) groups is 1. The number of rotatable bonds is 4. The first-order chi connectivity index (χ1) is 8.15. The van der Waals surface area contributed by atoms with E-state index in [2.05, 4.69) is 10.3 Å². The molecule has 2 atom stereocenters. The maximum Gasteiger partial charge on any atom is 0.306 e. The van der Waals surface area contributed by atoms with Gasteiger partial charge in [-0.2, -0.15) is 0 Å². The number of hydrogen-bond donors (Lipinski definition) is 2. The van der Waals surface area contributed by atoms with E-state index in [1.807, 2.05) is 0 Å². The first-order valence-corrected chi connectivity index (χ1v) is 6.91. The zero-order valence-electron chi connectivity index (χ0n) is 9.36. The number of thiazole rings is 1. The lowest BCUT2D eigenvalue weighted by molar-refractivity contribution is -0.143. The molecule has 17 heavy (non-hydrogen) atoms. The van der Waals surface area contributed by atoms with Crippen LogP contribution in [0.4, 0.5) is 0 Å². The molecule has 0 radical (unpaired) electrons. The number of carboxylic acid groups (broad SMARTS) is 1. The third kappa shape index (κ3) is 3.66. The van der Waals surface area contributed by atoms with Crippen molar-refractivity contribution in [1.29, 1.82) is 0 Å². The van der Waals surface area contributed by atoms with Crippen LogP contribution in [0, 0.1) is 5.92 Å². The summed E-state index contributed by atoms with van der Waals surface area (Å²) >= 11 is 7.26. The maximum atomic E-state index is 10.9. The highest BCUT2D eigenvalue weighted by atomic mass is 35.5. The molecular weight excluding hydrogens is 260 g/mol. The molecule has 0 aliphatic heterocycles. The summed E-state index contributed by atoms with van der Waals surface area (Å²) < 4.78 is 0.689. The highest BCUT2D eigenvalue weighted by Crippen LogP contribution is 2.25. The highest BCUT2D eigenvalue weighted by molar-refractivity contribution is 7.15. The predicted octanol–water partition coefficient (Wildman–Crippen LogP) is 2.53. The van der Waals surface area contributed by atoms with Gasteiger partial charge in [-0.25, -0.2) is 4.98 Å². The molecule has 1 aromatic heterocycles. The highest BCUT2D eigenvalue weighted by Gasteiger charge is 2.26. The predicted molar refractivity (Wildman–Crippen MR) is 67.3 cm³/mol. The smallest absolute Gasteiger partial charge is 0.306 e. The van der Waals surface area contributed by atoms with Gasteiger partial charge in [-0.3, -0.25) is 4.79 Å². The number of nitrogens with zero attached hydrogens (tertiary/aromatic N) is 1. The van der Waals surface area contributed by atoms with Crippen molar-refractivity contribution in [2.24, 2.45) is 5.92 Å². The van der Waals surface area contributed by atoms with Gasteiger partial charge in [0, 0.05) is 12.6 Å². The molecule has 1 heterocycles. The van der Waals surface area contributed by atoms with Crippen LogP contribution in [-0.2, 0) is 11.3 Å².